The van der Waals surface area contributed by atoms with Crippen molar-refractivity contribution in [2.24, 2.45) is 23.2 Å². The predicted molar refractivity (Wildman–Crippen MR) is 98.9 cm³/mol. The summed E-state index contributed by atoms with van der Waals surface area (Å²) in [7, 11) is 0. The van der Waals surface area contributed by atoms with Crippen molar-refractivity contribution in [3.63, 3.8) is 0 Å². The molecule has 4 fully saturated rings. The number of fused-ring (bicyclic) bond motifs is 1. The molecule has 0 unspecified atom stereocenters. The van der Waals surface area contributed by atoms with Crippen molar-refractivity contribution in [2.45, 2.75) is 64.8 Å². The molecule has 0 atom stereocenters. The van der Waals surface area contributed by atoms with Crippen LogP contribution >= 0.6 is 0 Å². The third-order valence-corrected chi connectivity index (χ3v) is 7.45. The van der Waals surface area contributed by atoms with Crippen molar-refractivity contribution in [3.05, 3.63) is 17.0 Å². The average Bonchev–Trinajstić information content (AvgIpc) is 3.03. The van der Waals surface area contributed by atoms with Crippen LogP contribution in [0.2, 0.25) is 0 Å². The summed E-state index contributed by atoms with van der Waals surface area (Å²) >= 11 is 0. The SMILES string of the molecule is CCOC(=O)c1n[nH]c2c1CN(C(=O)CC13CC4CC(CC(C4)C1)C3)CC2. The molecular weight excluding hydrogens is 342 g/mol. The molecule has 1 N–H and O–H groups in total. The molecule has 1 aromatic rings. The minimum Gasteiger partial charge on any atom is -0.461 e. The molecule has 4 aliphatic carbocycles. The first-order valence-corrected chi connectivity index (χ1v) is 10.6. The maximum Gasteiger partial charge on any atom is 0.359 e. The van der Waals surface area contributed by atoms with Crippen molar-refractivity contribution in [1.29, 1.82) is 0 Å². The van der Waals surface area contributed by atoms with Crippen LogP contribution in [0.1, 0.15) is 73.6 Å². The minimum absolute atomic E-state index is 0.256. The van der Waals surface area contributed by atoms with E-state index >= 15 is 0 Å². The van der Waals surface area contributed by atoms with Gasteiger partial charge >= 0.3 is 5.97 Å². The van der Waals surface area contributed by atoms with Gasteiger partial charge in [-0.3, -0.25) is 9.89 Å². The summed E-state index contributed by atoms with van der Waals surface area (Å²) < 4.78 is 5.11. The smallest absolute Gasteiger partial charge is 0.359 e. The van der Waals surface area contributed by atoms with E-state index in [1.54, 1.807) is 6.92 Å². The first-order chi connectivity index (χ1) is 13.0. The van der Waals surface area contributed by atoms with Gasteiger partial charge in [0.25, 0.3) is 0 Å². The number of H-pyrrole nitrogens is 1. The lowest BCUT2D eigenvalue weighted by Crippen LogP contribution is -2.49. The van der Waals surface area contributed by atoms with Crippen LogP contribution in [0.5, 0.6) is 0 Å². The van der Waals surface area contributed by atoms with Gasteiger partial charge in [0.15, 0.2) is 5.69 Å². The summed E-state index contributed by atoms with van der Waals surface area (Å²) in [6, 6.07) is 0. The Morgan fingerprint density at radius 3 is 2.48 bits per heavy atom. The maximum absolute atomic E-state index is 13.2. The number of hydrogen-bond acceptors (Lipinski definition) is 4. The fourth-order valence-corrected chi connectivity index (χ4v) is 6.82. The summed E-state index contributed by atoms with van der Waals surface area (Å²) in [6.07, 6.45) is 9.39. The standard InChI is InChI=1S/C21H29N3O3/c1-2-27-20(26)19-16-12-24(4-3-17(16)22-23-19)18(25)11-21-8-13-5-14(9-21)7-15(6-13)10-21/h13-15H,2-12H2,1H3,(H,22,23). The number of rotatable bonds is 4. The maximum atomic E-state index is 13.2. The Bertz CT molecular complexity index is 733. The van der Waals surface area contributed by atoms with Crippen LogP contribution in [-0.2, 0) is 22.5 Å². The van der Waals surface area contributed by atoms with Crippen LogP contribution in [0.15, 0.2) is 0 Å². The molecule has 6 rings (SSSR count). The number of aromatic nitrogens is 2. The van der Waals surface area contributed by atoms with Crippen molar-refractivity contribution >= 4 is 11.9 Å². The lowest BCUT2D eigenvalue weighted by atomic mass is 9.49. The Hall–Kier alpha value is -1.85. The van der Waals surface area contributed by atoms with E-state index in [4.69, 9.17) is 4.74 Å². The van der Waals surface area contributed by atoms with Gasteiger partial charge in [0.05, 0.1) is 6.61 Å². The van der Waals surface area contributed by atoms with Gasteiger partial charge in [0.2, 0.25) is 5.91 Å². The summed E-state index contributed by atoms with van der Waals surface area (Å²) in [5.41, 5.74) is 2.42. The normalized spacial score (nSPS) is 33.8. The molecule has 4 bridgehead atoms. The molecule has 0 saturated heterocycles. The molecule has 1 amide bonds. The van der Waals surface area contributed by atoms with Crippen LogP contribution in [0.25, 0.3) is 0 Å². The van der Waals surface area contributed by atoms with Gasteiger partial charge in [-0.1, -0.05) is 0 Å². The van der Waals surface area contributed by atoms with Gasteiger partial charge in [0, 0.05) is 37.2 Å². The largest absolute Gasteiger partial charge is 0.461 e. The Kier molecular flexibility index (Phi) is 4.06. The zero-order valence-corrected chi connectivity index (χ0v) is 16.1. The van der Waals surface area contributed by atoms with Crippen LogP contribution in [0.3, 0.4) is 0 Å². The highest BCUT2D eigenvalue weighted by Gasteiger charge is 2.51. The number of ether oxygens (including phenoxy) is 1. The molecule has 6 nitrogen and oxygen atoms in total. The average molecular weight is 371 g/mol. The molecule has 2 heterocycles. The van der Waals surface area contributed by atoms with E-state index in [-0.39, 0.29) is 11.3 Å². The molecule has 4 saturated carbocycles. The van der Waals surface area contributed by atoms with Gasteiger partial charge in [-0.25, -0.2) is 4.79 Å². The van der Waals surface area contributed by atoms with Gasteiger partial charge < -0.3 is 9.64 Å². The summed E-state index contributed by atoms with van der Waals surface area (Å²) in [4.78, 5) is 27.3. The van der Waals surface area contributed by atoms with E-state index in [1.165, 1.54) is 38.5 Å². The summed E-state index contributed by atoms with van der Waals surface area (Å²) in [5, 5.41) is 7.12. The molecule has 1 aromatic heterocycles. The Labute approximate surface area is 160 Å². The van der Waals surface area contributed by atoms with E-state index in [0.29, 0.717) is 31.8 Å². The molecule has 0 radical (unpaired) electrons. The number of nitrogens with zero attached hydrogens (tertiary/aromatic N) is 2. The number of aromatic amines is 1. The highest BCUT2D eigenvalue weighted by molar-refractivity contribution is 5.89. The van der Waals surface area contributed by atoms with Gasteiger partial charge in [-0.2, -0.15) is 5.10 Å². The zero-order valence-electron chi connectivity index (χ0n) is 16.1. The molecule has 27 heavy (non-hydrogen) atoms. The second kappa shape index (κ2) is 6.35. The van der Waals surface area contributed by atoms with E-state index in [1.807, 2.05) is 4.90 Å². The van der Waals surface area contributed by atoms with Crippen molar-refractivity contribution in [2.75, 3.05) is 13.2 Å². The number of esters is 1. The van der Waals surface area contributed by atoms with E-state index in [0.717, 1.165) is 35.4 Å². The molecule has 146 valence electrons. The topological polar surface area (TPSA) is 75.3 Å². The second-order valence-electron chi connectivity index (χ2n) is 9.41. The lowest BCUT2D eigenvalue weighted by molar-refractivity contribution is -0.140. The summed E-state index contributed by atoms with van der Waals surface area (Å²) in [6.45, 7) is 3.31. The highest BCUT2D eigenvalue weighted by atomic mass is 16.5. The number of carbonyl (C=O) groups is 2. The van der Waals surface area contributed by atoms with Crippen LogP contribution in [-0.4, -0.2) is 40.1 Å². The molecular formula is C21H29N3O3. The zero-order chi connectivity index (χ0) is 18.6. The lowest BCUT2D eigenvalue weighted by Gasteiger charge is -2.57. The van der Waals surface area contributed by atoms with Crippen LogP contribution in [0.4, 0.5) is 0 Å². The highest BCUT2D eigenvalue weighted by Crippen LogP contribution is 2.61. The first kappa shape index (κ1) is 17.3. The number of amides is 1. The van der Waals surface area contributed by atoms with Crippen LogP contribution < -0.4 is 0 Å². The van der Waals surface area contributed by atoms with Crippen molar-refractivity contribution in [1.82, 2.24) is 15.1 Å². The molecule has 0 spiro atoms. The monoisotopic (exact) mass is 371 g/mol. The number of hydrogen-bond donors (Lipinski definition) is 1. The third kappa shape index (κ3) is 2.97. The Morgan fingerprint density at radius 1 is 1.19 bits per heavy atom. The third-order valence-electron chi connectivity index (χ3n) is 7.45. The Morgan fingerprint density at radius 2 is 1.85 bits per heavy atom. The molecule has 5 aliphatic rings. The van der Waals surface area contributed by atoms with Gasteiger partial charge in [-0.05, 0) is 68.6 Å². The van der Waals surface area contributed by atoms with Gasteiger partial charge in [0.1, 0.15) is 0 Å². The van der Waals surface area contributed by atoms with E-state index in [2.05, 4.69) is 10.2 Å². The predicted octanol–water partition coefficient (Wildman–Crippen LogP) is 3.08. The fourth-order valence-electron chi connectivity index (χ4n) is 6.82. The fraction of sp³-hybridized carbons (Fsp3) is 0.762. The van der Waals surface area contributed by atoms with Crippen molar-refractivity contribution < 1.29 is 14.3 Å². The van der Waals surface area contributed by atoms with Crippen LogP contribution in [0, 0.1) is 23.2 Å². The number of nitrogens with one attached hydrogen (secondary N) is 1. The first-order valence-electron chi connectivity index (χ1n) is 10.6. The summed E-state index contributed by atoms with van der Waals surface area (Å²) in [5.74, 6) is 2.45. The van der Waals surface area contributed by atoms with Gasteiger partial charge in [-0.15, -0.1) is 0 Å². The van der Waals surface area contributed by atoms with E-state index < -0.39 is 5.97 Å². The molecule has 6 heteroatoms. The van der Waals surface area contributed by atoms with Crippen molar-refractivity contribution in [3.8, 4) is 0 Å². The number of carbonyl (C=O) groups excluding carboxylic acids is 2. The van der Waals surface area contributed by atoms with E-state index in [9.17, 15) is 9.59 Å². The molecule has 0 aromatic carbocycles. The Balaban J connectivity index is 1.30. The quantitative estimate of drug-likeness (QED) is 0.826. The minimum atomic E-state index is -0.398. The molecule has 1 aliphatic heterocycles. The second-order valence-corrected chi connectivity index (χ2v) is 9.41.